The third-order valence-electron chi connectivity index (χ3n) is 7.16. The number of hydrogen-bond donors (Lipinski definition) is 1. The largest absolute Gasteiger partial charge is 0.457 e. The van der Waals surface area contributed by atoms with Crippen molar-refractivity contribution in [3.8, 4) is 34.5 Å². The van der Waals surface area contributed by atoms with Gasteiger partial charge in [0, 0.05) is 31.6 Å². The van der Waals surface area contributed by atoms with Gasteiger partial charge in [-0.05, 0) is 53.7 Å². The molecule has 1 aliphatic carbocycles. The lowest BCUT2D eigenvalue weighted by Gasteiger charge is -2.16. The summed E-state index contributed by atoms with van der Waals surface area (Å²) in [5, 5.41) is 0.791. The second-order valence-electron chi connectivity index (χ2n) is 9.25. The minimum atomic E-state index is -0.00128. The van der Waals surface area contributed by atoms with E-state index >= 15 is 0 Å². The quantitative estimate of drug-likeness (QED) is 0.352. The van der Waals surface area contributed by atoms with Gasteiger partial charge in [0.2, 0.25) is 5.91 Å². The molecular formula is C29H25N5O2. The summed E-state index contributed by atoms with van der Waals surface area (Å²) in [5.74, 6) is 10.0. The zero-order valence-corrected chi connectivity index (χ0v) is 19.9. The normalized spacial score (nSPS) is 19.9. The number of carbonyl (C=O) groups is 1. The Hall–Kier alpha value is -4.57. The summed E-state index contributed by atoms with van der Waals surface area (Å²) in [7, 11) is 1.95. The van der Waals surface area contributed by atoms with Crippen LogP contribution < -0.4 is 10.5 Å². The Kier molecular flexibility index (Phi) is 5.23. The minimum Gasteiger partial charge on any atom is -0.457 e. The lowest BCUT2D eigenvalue weighted by molar-refractivity contribution is -0.125. The summed E-state index contributed by atoms with van der Waals surface area (Å²) >= 11 is 0. The maximum absolute atomic E-state index is 11.9. The molecule has 2 aromatic carbocycles. The van der Waals surface area contributed by atoms with Crippen LogP contribution in [0.25, 0.3) is 22.2 Å². The van der Waals surface area contributed by atoms with Crippen molar-refractivity contribution in [1.29, 1.82) is 0 Å². The average molecular weight is 476 g/mol. The maximum atomic E-state index is 11.9. The van der Waals surface area contributed by atoms with E-state index in [2.05, 4.69) is 28.4 Å². The first-order chi connectivity index (χ1) is 17.5. The van der Waals surface area contributed by atoms with Gasteiger partial charge in [-0.2, -0.15) is 0 Å². The van der Waals surface area contributed by atoms with Crippen LogP contribution in [0.5, 0.6) is 11.5 Å². The summed E-state index contributed by atoms with van der Waals surface area (Å²) in [6, 6.07) is 17.6. The van der Waals surface area contributed by atoms with E-state index in [1.807, 2.05) is 71.1 Å². The second-order valence-corrected chi connectivity index (χ2v) is 9.25. The second kappa shape index (κ2) is 8.58. The van der Waals surface area contributed by atoms with Crippen LogP contribution in [0.1, 0.15) is 5.69 Å². The van der Waals surface area contributed by atoms with Gasteiger partial charge in [0.05, 0.1) is 5.39 Å². The Bertz CT molecular complexity index is 1530. The minimum absolute atomic E-state index is 0.00128. The van der Waals surface area contributed by atoms with E-state index in [-0.39, 0.29) is 11.8 Å². The summed E-state index contributed by atoms with van der Waals surface area (Å²) in [6.07, 6.45) is 2.86. The van der Waals surface area contributed by atoms with Crippen molar-refractivity contribution in [2.75, 3.05) is 18.8 Å². The molecule has 4 aromatic rings. The van der Waals surface area contributed by atoms with Gasteiger partial charge < -0.3 is 19.9 Å². The van der Waals surface area contributed by atoms with Crippen molar-refractivity contribution in [2.45, 2.75) is 0 Å². The van der Waals surface area contributed by atoms with Crippen LogP contribution >= 0.6 is 0 Å². The SMILES string of the molecule is C=CC(=O)N1CC2C(C#Cc3c(-c4ccc(Oc5ccccc5)cc4)c4c(N)ncnc4n3C)C2C1. The van der Waals surface area contributed by atoms with E-state index in [4.69, 9.17) is 10.5 Å². The molecule has 0 radical (unpaired) electrons. The number of hydrogen-bond acceptors (Lipinski definition) is 5. The molecule has 1 saturated heterocycles. The molecule has 36 heavy (non-hydrogen) atoms. The summed E-state index contributed by atoms with van der Waals surface area (Å²) in [4.78, 5) is 22.5. The molecule has 2 aliphatic rings. The van der Waals surface area contributed by atoms with Crippen LogP contribution in [0.3, 0.4) is 0 Å². The molecule has 0 spiro atoms. The molecule has 7 heteroatoms. The summed E-state index contributed by atoms with van der Waals surface area (Å²) in [5.41, 5.74) is 9.79. The highest BCUT2D eigenvalue weighted by Crippen LogP contribution is 2.51. The molecule has 0 bridgehead atoms. The third-order valence-corrected chi connectivity index (χ3v) is 7.16. The number of amides is 1. The zero-order valence-electron chi connectivity index (χ0n) is 19.9. The first-order valence-electron chi connectivity index (χ1n) is 11.9. The number of anilines is 1. The number of likely N-dealkylation sites (tertiary alicyclic amines) is 1. The Labute approximate surface area is 209 Å². The highest BCUT2D eigenvalue weighted by Gasteiger charge is 2.55. The molecule has 6 rings (SSSR count). The number of aryl methyl sites for hydroxylation is 1. The van der Waals surface area contributed by atoms with E-state index < -0.39 is 0 Å². The Morgan fingerprint density at radius 3 is 2.47 bits per heavy atom. The number of nitrogens with zero attached hydrogens (tertiary/aromatic N) is 4. The van der Waals surface area contributed by atoms with Crippen LogP contribution in [0.4, 0.5) is 5.82 Å². The summed E-state index contributed by atoms with van der Waals surface area (Å²) in [6.45, 7) is 5.09. The van der Waals surface area contributed by atoms with Crippen molar-refractivity contribution in [2.24, 2.45) is 24.8 Å². The number of piperidine rings is 1. The van der Waals surface area contributed by atoms with Gasteiger partial charge in [-0.1, -0.05) is 42.8 Å². The van der Waals surface area contributed by atoms with Crippen LogP contribution in [-0.2, 0) is 11.8 Å². The molecule has 2 aromatic heterocycles. The number of carbonyl (C=O) groups excluding carboxylic acids is 1. The maximum Gasteiger partial charge on any atom is 0.245 e. The van der Waals surface area contributed by atoms with Gasteiger partial charge in [0.25, 0.3) is 0 Å². The fourth-order valence-electron chi connectivity index (χ4n) is 5.22. The van der Waals surface area contributed by atoms with Crippen molar-refractivity contribution in [3.05, 3.63) is 79.3 Å². The molecule has 2 unspecified atom stereocenters. The van der Waals surface area contributed by atoms with Crippen molar-refractivity contribution < 1.29 is 9.53 Å². The van der Waals surface area contributed by atoms with E-state index in [9.17, 15) is 4.79 Å². The standard InChI is InChI=1S/C29H25N5O2/c1-3-25(35)34-15-22-21(23(22)16-34)13-14-24-26(27-28(30)31-17-32-29(27)33(24)2)18-9-11-20(12-10-18)36-19-7-5-4-6-8-19/h3-12,17,21-23H,1,15-16H2,2H3,(H2,30,31,32). The molecule has 2 N–H and O–H groups in total. The zero-order chi connectivity index (χ0) is 24.8. The van der Waals surface area contributed by atoms with Crippen molar-refractivity contribution in [3.63, 3.8) is 0 Å². The van der Waals surface area contributed by atoms with Crippen LogP contribution in [0.2, 0.25) is 0 Å². The number of nitrogen functional groups attached to an aromatic ring is 1. The smallest absolute Gasteiger partial charge is 0.245 e. The highest BCUT2D eigenvalue weighted by atomic mass is 16.5. The highest BCUT2D eigenvalue weighted by molar-refractivity contribution is 6.03. The van der Waals surface area contributed by atoms with E-state index in [1.165, 1.54) is 12.4 Å². The lowest BCUT2D eigenvalue weighted by Crippen LogP contribution is -2.29. The number of para-hydroxylation sites is 1. The first kappa shape index (κ1) is 21.9. The van der Waals surface area contributed by atoms with Crippen molar-refractivity contribution in [1.82, 2.24) is 19.4 Å². The topological polar surface area (TPSA) is 86.3 Å². The molecular weight excluding hydrogens is 450 g/mol. The van der Waals surface area contributed by atoms with Gasteiger partial charge in [-0.25, -0.2) is 9.97 Å². The number of rotatable bonds is 4. The molecule has 1 aliphatic heterocycles. The Morgan fingerprint density at radius 1 is 1.08 bits per heavy atom. The molecule has 1 saturated carbocycles. The van der Waals surface area contributed by atoms with Crippen LogP contribution in [0, 0.1) is 29.6 Å². The summed E-state index contributed by atoms with van der Waals surface area (Å²) < 4.78 is 7.94. The van der Waals surface area contributed by atoms with Gasteiger partial charge in [0.15, 0.2) is 0 Å². The monoisotopic (exact) mass is 475 g/mol. The first-order valence-corrected chi connectivity index (χ1v) is 11.9. The van der Waals surface area contributed by atoms with Crippen LogP contribution in [-0.4, -0.2) is 38.4 Å². The molecule has 7 nitrogen and oxygen atoms in total. The molecule has 2 fully saturated rings. The number of nitrogens with two attached hydrogens (primary N) is 1. The fraction of sp³-hybridized carbons (Fsp3) is 0.207. The fourth-order valence-corrected chi connectivity index (χ4v) is 5.22. The predicted octanol–water partition coefficient (Wildman–Crippen LogP) is 4.25. The van der Waals surface area contributed by atoms with E-state index in [0.29, 0.717) is 17.7 Å². The van der Waals surface area contributed by atoms with Crippen molar-refractivity contribution >= 4 is 22.8 Å². The average Bonchev–Trinajstić information content (AvgIpc) is 3.21. The third kappa shape index (κ3) is 3.68. The molecule has 3 heterocycles. The molecule has 2 atom stereocenters. The van der Waals surface area contributed by atoms with Gasteiger partial charge in [0.1, 0.15) is 35.0 Å². The van der Waals surface area contributed by atoms with Gasteiger partial charge in [-0.3, -0.25) is 4.79 Å². The molecule has 1 amide bonds. The van der Waals surface area contributed by atoms with Gasteiger partial charge in [-0.15, -0.1) is 0 Å². The van der Waals surface area contributed by atoms with Gasteiger partial charge >= 0.3 is 0 Å². The van der Waals surface area contributed by atoms with E-state index in [0.717, 1.165) is 52.4 Å². The molecule has 178 valence electrons. The number of ether oxygens (including phenoxy) is 1. The number of benzene rings is 2. The Balaban J connectivity index is 1.34. The van der Waals surface area contributed by atoms with E-state index in [1.54, 1.807) is 0 Å². The lowest BCUT2D eigenvalue weighted by atomic mass is 10.0. The Morgan fingerprint density at radius 2 is 1.78 bits per heavy atom. The number of aromatic nitrogens is 3. The predicted molar refractivity (Wildman–Crippen MR) is 139 cm³/mol. The van der Waals surface area contributed by atoms with Crippen LogP contribution in [0.15, 0.2) is 73.6 Å². The number of fused-ring (bicyclic) bond motifs is 2.